The summed E-state index contributed by atoms with van der Waals surface area (Å²) < 4.78 is 0.669. The van der Waals surface area contributed by atoms with E-state index in [1.165, 1.54) is 67.4 Å². The zero-order valence-electron chi connectivity index (χ0n) is 30.0. The predicted molar refractivity (Wildman–Crippen MR) is 206 cm³/mol. The van der Waals surface area contributed by atoms with Gasteiger partial charge in [0.1, 0.15) is 17.3 Å². The number of fused-ring (bicyclic) bond motifs is 2. The number of carboxylic acids is 2. The fraction of sp³-hybridized carbons (Fsp3) is 0.405. The first-order chi connectivity index (χ1) is 25.2. The van der Waals surface area contributed by atoms with Gasteiger partial charge in [0.05, 0.1) is 4.53 Å². The molecular weight excluding hydrogens is 675 g/mol. The molecule has 272 valence electrons. The van der Waals surface area contributed by atoms with Crippen molar-refractivity contribution in [3.63, 3.8) is 0 Å². The first-order valence-electron chi connectivity index (χ1n) is 18.4. The van der Waals surface area contributed by atoms with Crippen molar-refractivity contribution in [3.05, 3.63) is 96.4 Å². The average Bonchev–Trinajstić information content (AvgIpc) is 3.55. The molecule has 0 saturated heterocycles. The number of nitrogens with zero attached hydrogens (tertiary/aromatic N) is 3. The summed E-state index contributed by atoms with van der Waals surface area (Å²) in [6.07, 6.45) is 18.3. The summed E-state index contributed by atoms with van der Waals surface area (Å²) in [7, 11) is 0. The maximum atomic E-state index is 13.5. The number of carboxylic acid groups (broad SMARTS) is 2. The summed E-state index contributed by atoms with van der Waals surface area (Å²) in [5.74, 6) is -3.63. The number of hydrogen-bond donors (Lipinski definition) is 2. The van der Waals surface area contributed by atoms with E-state index in [-0.39, 0.29) is 21.4 Å². The number of anilines is 2. The Bertz CT molecular complexity index is 2110. The number of benzene rings is 2. The van der Waals surface area contributed by atoms with Crippen LogP contribution in [0.2, 0.25) is 0 Å². The lowest BCUT2D eigenvalue weighted by Crippen LogP contribution is -2.36. The zero-order valence-corrected chi connectivity index (χ0v) is 30.8. The lowest BCUT2D eigenvalue weighted by molar-refractivity contribution is -0.138. The smallest absolute Gasteiger partial charge is 0.349 e. The summed E-state index contributed by atoms with van der Waals surface area (Å²) in [5.41, 5.74) is 5.79. The standard InChI is InChI=1S/C42H47N3O6S/c1-3-5-6-7-8-9-10-13-23-44-35-18-12-11-16-29(35)20-21-30-24-28(19-22-36(30)44)15-14-17-31-25-33(32(4-2)38(31)48)39-40(49)45(27-37(46)47)41(52-39)34(26-43)42(50)51/h11-12,14-19,22,24,32H,3-10,13,20-21,23,25,27H2,1-2H3,(H,46,47)(H,50,51)/b15-14+,31-17-,39-33-,41-34+. The van der Waals surface area contributed by atoms with E-state index in [0.29, 0.717) is 17.6 Å². The second-order valence-corrected chi connectivity index (χ2v) is 14.5. The van der Waals surface area contributed by atoms with Gasteiger partial charge in [-0.3, -0.25) is 19.0 Å². The molecule has 10 heteroatoms. The fourth-order valence-electron chi connectivity index (χ4n) is 7.35. The molecule has 1 aromatic heterocycles. The highest BCUT2D eigenvalue weighted by molar-refractivity contribution is 7.07. The molecule has 1 saturated carbocycles. The van der Waals surface area contributed by atoms with Crippen molar-refractivity contribution >= 4 is 57.7 Å². The number of nitriles is 1. The van der Waals surface area contributed by atoms with Gasteiger partial charge in [-0.15, -0.1) is 11.3 Å². The number of unbranched alkanes of at least 4 members (excludes halogenated alkanes) is 7. The second kappa shape index (κ2) is 18.0. The molecule has 1 aliphatic carbocycles. The number of hydrogen-bond acceptors (Lipinski definition) is 7. The predicted octanol–water partition coefficient (Wildman–Crippen LogP) is 6.92. The maximum absolute atomic E-state index is 13.5. The van der Waals surface area contributed by atoms with Crippen molar-refractivity contribution in [1.29, 1.82) is 5.26 Å². The molecule has 52 heavy (non-hydrogen) atoms. The first kappa shape index (κ1) is 38.2. The van der Waals surface area contributed by atoms with Crippen LogP contribution >= 0.6 is 11.3 Å². The Morgan fingerprint density at radius 2 is 1.63 bits per heavy atom. The van der Waals surface area contributed by atoms with Crippen molar-refractivity contribution < 1.29 is 24.6 Å². The first-order valence-corrected chi connectivity index (χ1v) is 19.2. The quantitative estimate of drug-likeness (QED) is 0.127. The van der Waals surface area contributed by atoms with Crippen LogP contribution < -0.4 is 19.7 Å². The van der Waals surface area contributed by atoms with E-state index in [9.17, 15) is 34.7 Å². The lowest BCUT2D eigenvalue weighted by atomic mass is 9.99. The molecule has 3 aromatic rings. The summed E-state index contributed by atoms with van der Waals surface area (Å²) >= 11 is 0.759. The third-order valence-electron chi connectivity index (χ3n) is 10.0. The van der Waals surface area contributed by atoms with E-state index in [1.54, 1.807) is 12.1 Å². The minimum Gasteiger partial charge on any atom is -0.480 e. The molecule has 2 aromatic carbocycles. The number of carbonyl (C=O) groups is 3. The Morgan fingerprint density at radius 3 is 2.33 bits per heavy atom. The Kier molecular flexibility index (Phi) is 13.2. The largest absolute Gasteiger partial charge is 0.480 e. The van der Waals surface area contributed by atoms with E-state index in [4.69, 9.17) is 0 Å². The van der Waals surface area contributed by atoms with Crippen LogP contribution in [0.5, 0.6) is 0 Å². The van der Waals surface area contributed by atoms with Crippen LogP contribution in [0.25, 0.3) is 17.2 Å². The number of thiazole rings is 1. The molecule has 9 nitrogen and oxygen atoms in total. The number of para-hydroxylation sites is 1. The van der Waals surface area contributed by atoms with Crippen LogP contribution in [0.3, 0.4) is 0 Å². The molecule has 0 spiro atoms. The lowest BCUT2D eigenvalue weighted by Gasteiger charge is -2.27. The number of ketones is 1. The molecule has 2 N–H and O–H groups in total. The van der Waals surface area contributed by atoms with Gasteiger partial charge in [-0.2, -0.15) is 5.26 Å². The summed E-state index contributed by atoms with van der Waals surface area (Å²) in [4.78, 5) is 52.7. The van der Waals surface area contributed by atoms with Crippen LogP contribution in [0.15, 0.2) is 65.0 Å². The van der Waals surface area contributed by atoms with Gasteiger partial charge in [0.2, 0.25) is 0 Å². The van der Waals surface area contributed by atoms with Gasteiger partial charge in [-0.05, 0) is 78.1 Å². The van der Waals surface area contributed by atoms with Gasteiger partial charge >= 0.3 is 11.9 Å². The van der Waals surface area contributed by atoms with Crippen LogP contribution in [0.1, 0.15) is 94.7 Å². The van der Waals surface area contributed by atoms with Gasteiger partial charge in [-0.1, -0.05) is 101 Å². The van der Waals surface area contributed by atoms with E-state index in [1.807, 2.05) is 19.1 Å². The second-order valence-electron chi connectivity index (χ2n) is 13.5. The number of aryl methyl sites for hydroxylation is 2. The Balaban J connectivity index is 1.39. The average molecular weight is 722 g/mol. The van der Waals surface area contributed by atoms with Crippen molar-refractivity contribution in [2.24, 2.45) is 5.92 Å². The fourth-order valence-corrected chi connectivity index (χ4v) is 8.58. The van der Waals surface area contributed by atoms with Gasteiger partial charge in [0.15, 0.2) is 11.4 Å². The number of carbonyl (C=O) groups excluding carboxylic acids is 1. The molecule has 1 atom stereocenters. The van der Waals surface area contributed by atoms with E-state index in [0.717, 1.165) is 47.3 Å². The number of allylic oxidation sites excluding steroid dienone is 3. The number of Topliss-reactive ketones (excluding diaryl/α,β-unsaturated/α-hetero) is 1. The third-order valence-corrected chi connectivity index (χ3v) is 11.3. The Labute approximate surface area is 308 Å². The minimum atomic E-state index is -1.56. The monoisotopic (exact) mass is 721 g/mol. The highest BCUT2D eigenvalue weighted by Gasteiger charge is 2.34. The van der Waals surface area contributed by atoms with Crippen molar-refractivity contribution in [3.8, 4) is 6.07 Å². The molecule has 1 aliphatic heterocycles. The Hall–Kier alpha value is -5.01. The van der Waals surface area contributed by atoms with Crippen molar-refractivity contribution in [2.75, 3.05) is 11.4 Å². The molecule has 1 fully saturated rings. The number of aliphatic carboxylic acids is 2. The Morgan fingerprint density at radius 1 is 0.942 bits per heavy atom. The van der Waals surface area contributed by atoms with E-state index < -0.39 is 35.5 Å². The molecule has 0 bridgehead atoms. The molecule has 0 amide bonds. The van der Waals surface area contributed by atoms with Crippen molar-refractivity contribution in [1.82, 2.24) is 4.57 Å². The van der Waals surface area contributed by atoms with E-state index in [2.05, 4.69) is 54.3 Å². The summed E-state index contributed by atoms with van der Waals surface area (Å²) in [5, 5.41) is 28.4. The summed E-state index contributed by atoms with van der Waals surface area (Å²) in [6.45, 7) is 4.26. The molecule has 1 unspecified atom stereocenters. The summed E-state index contributed by atoms with van der Waals surface area (Å²) in [6, 6.07) is 16.8. The minimum absolute atomic E-state index is 0.112. The third kappa shape index (κ3) is 8.71. The SMILES string of the molecule is CCCCCCCCCCN1c2ccccc2CCc2cc(/C=C/C=C3/C/C(=c4/s/c(=C(\C#N)C(=O)O)n(CC(=O)O)c4=O)C(CC)C3=O)ccc21. The van der Waals surface area contributed by atoms with Crippen molar-refractivity contribution in [2.45, 2.75) is 97.4 Å². The number of rotatable bonds is 15. The van der Waals surface area contributed by atoms with Gasteiger partial charge in [0, 0.05) is 23.8 Å². The highest BCUT2D eigenvalue weighted by atomic mass is 32.1. The van der Waals surface area contributed by atoms with Crippen LogP contribution in [0.4, 0.5) is 11.4 Å². The number of aromatic nitrogens is 1. The van der Waals surface area contributed by atoms with E-state index >= 15 is 0 Å². The topological polar surface area (TPSA) is 141 Å². The van der Waals surface area contributed by atoms with Gasteiger partial charge in [0.25, 0.3) is 5.56 Å². The zero-order chi connectivity index (χ0) is 37.2. The maximum Gasteiger partial charge on any atom is 0.349 e. The molecular formula is C42H47N3O6S. The normalized spacial score (nSPS) is 17.9. The molecule has 5 rings (SSSR count). The molecule has 2 heterocycles. The van der Waals surface area contributed by atoms with Crippen LogP contribution in [0, 0.1) is 17.2 Å². The molecule has 2 aliphatic rings. The van der Waals surface area contributed by atoms with Gasteiger partial charge < -0.3 is 15.1 Å². The molecule has 0 radical (unpaired) electrons. The van der Waals surface area contributed by atoms with Gasteiger partial charge in [-0.25, -0.2) is 4.79 Å². The van der Waals surface area contributed by atoms with Crippen LogP contribution in [-0.4, -0.2) is 39.0 Å². The van der Waals surface area contributed by atoms with Crippen LogP contribution in [-0.2, 0) is 33.8 Å². The highest BCUT2D eigenvalue weighted by Crippen LogP contribution is 2.38.